The number of hydrogen-bond acceptors (Lipinski definition) is 3. The van der Waals surface area contributed by atoms with Gasteiger partial charge in [0, 0.05) is 17.1 Å². The Morgan fingerprint density at radius 2 is 2.15 bits per heavy atom. The third kappa shape index (κ3) is 3.31. The average molecular weight is 404 g/mol. The normalized spacial score (nSPS) is 23.6. The van der Waals surface area contributed by atoms with Crippen molar-refractivity contribution in [3.8, 4) is 0 Å². The molecule has 2 unspecified atom stereocenters. The summed E-state index contributed by atoms with van der Waals surface area (Å²) in [6.45, 7) is 2.87. The summed E-state index contributed by atoms with van der Waals surface area (Å²) in [4.78, 5) is 0.146. The third-order valence-electron chi connectivity index (χ3n) is 3.44. The number of benzene rings is 1. The second-order valence-electron chi connectivity index (χ2n) is 4.81. The molecule has 114 valence electrons. The lowest BCUT2D eigenvalue weighted by molar-refractivity contribution is 0.404. The maximum atomic E-state index is 12.7. The first-order valence-corrected chi connectivity index (χ1v) is 8.65. The molecule has 2 N–H and O–H groups in total. The smallest absolute Gasteiger partial charge is 0.244 e. The molecular formula is C12H17BrCl2N2O2S. The topological polar surface area (TPSA) is 63.4 Å². The highest BCUT2D eigenvalue weighted by Crippen LogP contribution is 2.35. The van der Waals surface area contributed by atoms with Gasteiger partial charge in [-0.05, 0) is 53.9 Å². The fraction of sp³-hybridized carbons (Fsp3) is 0.500. The molecular weight excluding hydrogens is 387 g/mol. The van der Waals surface area contributed by atoms with Gasteiger partial charge in [-0.3, -0.25) is 0 Å². The minimum atomic E-state index is -3.57. The Balaban J connectivity index is 0.00000200. The SMILES string of the molecule is CC1CC(CN)CN1S(=O)(=O)c1cccc(Br)c1Cl.Cl. The van der Waals surface area contributed by atoms with Crippen LogP contribution in [0.3, 0.4) is 0 Å². The van der Waals surface area contributed by atoms with Crippen LogP contribution in [0.15, 0.2) is 27.6 Å². The van der Waals surface area contributed by atoms with E-state index in [2.05, 4.69) is 15.9 Å². The van der Waals surface area contributed by atoms with E-state index in [0.29, 0.717) is 17.6 Å². The number of rotatable bonds is 3. The van der Waals surface area contributed by atoms with Crippen LogP contribution >= 0.6 is 39.9 Å². The van der Waals surface area contributed by atoms with Gasteiger partial charge >= 0.3 is 0 Å². The molecule has 1 aliphatic rings. The van der Waals surface area contributed by atoms with Crippen LogP contribution in [-0.2, 0) is 10.0 Å². The van der Waals surface area contributed by atoms with Crippen molar-refractivity contribution in [2.75, 3.05) is 13.1 Å². The van der Waals surface area contributed by atoms with Crippen molar-refractivity contribution in [2.45, 2.75) is 24.3 Å². The molecule has 0 amide bonds. The molecule has 0 aliphatic carbocycles. The largest absolute Gasteiger partial charge is 0.330 e. The van der Waals surface area contributed by atoms with E-state index in [1.165, 1.54) is 10.4 Å². The van der Waals surface area contributed by atoms with Gasteiger partial charge in [0.25, 0.3) is 0 Å². The van der Waals surface area contributed by atoms with E-state index in [0.717, 1.165) is 6.42 Å². The van der Waals surface area contributed by atoms with E-state index in [-0.39, 0.29) is 34.3 Å². The van der Waals surface area contributed by atoms with Crippen molar-refractivity contribution in [3.05, 3.63) is 27.7 Å². The van der Waals surface area contributed by atoms with E-state index in [1.54, 1.807) is 12.1 Å². The molecule has 0 saturated carbocycles. The Kier molecular flexibility index (Phi) is 6.32. The fourth-order valence-electron chi connectivity index (χ4n) is 2.42. The molecule has 0 aromatic heterocycles. The molecule has 8 heteroatoms. The van der Waals surface area contributed by atoms with E-state index in [4.69, 9.17) is 17.3 Å². The predicted octanol–water partition coefficient (Wildman–Crippen LogP) is 2.88. The van der Waals surface area contributed by atoms with Crippen LogP contribution in [0.4, 0.5) is 0 Å². The first-order valence-electron chi connectivity index (χ1n) is 6.04. The number of nitrogens with two attached hydrogens (primary N) is 1. The van der Waals surface area contributed by atoms with E-state index >= 15 is 0 Å². The van der Waals surface area contributed by atoms with Crippen molar-refractivity contribution in [2.24, 2.45) is 11.7 Å². The maximum absolute atomic E-state index is 12.7. The lowest BCUT2D eigenvalue weighted by atomic mass is 10.1. The van der Waals surface area contributed by atoms with Gasteiger partial charge in [0.2, 0.25) is 10.0 Å². The van der Waals surface area contributed by atoms with Gasteiger partial charge in [-0.2, -0.15) is 4.31 Å². The molecule has 1 aromatic carbocycles. The zero-order valence-corrected chi connectivity index (χ0v) is 14.9. The lowest BCUT2D eigenvalue weighted by Gasteiger charge is -2.21. The summed E-state index contributed by atoms with van der Waals surface area (Å²) < 4.78 is 27.4. The average Bonchev–Trinajstić information content (AvgIpc) is 2.74. The molecule has 0 radical (unpaired) electrons. The molecule has 0 bridgehead atoms. The van der Waals surface area contributed by atoms with Gasteiger partial charge in [-0.15, -0.1) is 12.4 Å². The maximum Gasteiger partial charge on any atom is 0.244 e. The molecule has 20 heavy (non-hydrogen) atoms. The second kappa shape index (κ2) is 6.94. The standard InChI is InChI=1S/C12H16BrClN2O2S.ClH/c1-8-5-9(6-15)7-16(8)19(17,18)11-4-2-3-10(13)12(11)14;/h2-4,8-9H,5-7,15H2,1H3;1H. The van der Waals surface area contributed by atoms with Crippen molar-refractivity contribution >= 4 is 50.0 Å². The number of hydrogen-bond donors (Lipinski definition) is 1. The van der Waals surface area contributed by atoms with Gasteiger partial charge < -0.3 is 5.73 Å². The molecule has 4 nitrogen and oxygen atoms in total. The Hall–Kier alpha value is 0.150. The Labute approximate surface area is 139 Å². The summed E-state index contributed by atoms with van der Waals surface area (Å²) in [5.74, 6) is 0.218. The zero-order chi connectivity index (χ0) is 14.2. The molecule has 1 heterocycles. The van der Waals surface area contributed by atoms with Crippen LogP contribution in [0.2, 0.25) is 5.02 Å². The Morgan fingerprint density at radius 1 is 1.50 bits per heavy atom. The third-order valence-corrected chi connectivity index (χ3v) is 6.87. The second-order valence-corrected chi connectivity index (χ2v) is 7.90. The molecule has 2 atom stereocenters. The highest BCUT2D eigenvalue weighted by molar-refractivity contribution is 9.10. The van der Waals surface area contributed by atoms with Gasteiger partial charge in [0.15, 0.2) is 0 Å². The van der Waals surface area contributed by atoms with Crippen molar-refractivity contribution < 1.29 is 8.42 Å². The summed E-state index contributed by atoms with van der Waals surface area (Å²) >= 11 is 9.35. The summed E-state index contributed by atoms with van der Waals surface area (Å²) in [6.07, 6.45) is 0.793. The van der Waals surface area contributed by atoms with Gasteiger partial charge in [0.1, 0.15) is 4.90 Å². The molecule has 1 saturated heterocycles. The minimum Gasteiger partial charge on any atom is -0.330 e. The highest BCUT2D eigenvalue weighted by Gasteiger charge is 2.38. The molecule has 2 rings (SSSR count). The lowest BCUT2D eigenvalue weighted by Crippen LogP contribution is -2.34. The Bertz CT molecular complexity index is 583. The van der Waals surface area contributed by atoms with Crippen LogP contribution in [0.5, 0.6) is 0 Å². The van der Waals surface area contributed by atoms with Gasteiger partial charge in [0.05, 0.1) is 5.02 Å². The summed E-state index contributed by atoms with van der Waals surface area (Å²) in [5.41, 5.74) is 5.64. The Morgan fingerprint density at radius 3 is 2.70 bits per heavy atom. The predicted molar refractivity (Wildman–Crippen MR) is 86.9 cm³/mol. The summed E-state index contributed by atoms with van der Waals surface area (Å²) in [6, 6.07) is 4.88. The number of nitrogens with zero attached hydrogens (tertiary/aromatic N) is 1. The monoisotopic (exact) mass is 402 g/mol. The highest BCUT2D eigenvalue weighted by atomic mass is 79.9. The molecule has 1 fully saturated rings. The van der Waals surface area contributed by atoms with Crippen LogP contribution in [0.1, 0.15) is 13.3 Å². The van der Waals surface area contributed by atoms with Gasteiger partial charge in [-0.25, -0.2) is 8.42 Å². The number of halogens is 3. The molecule has 0 spiro atoms. The van der Waals surface area contributed by atoms with Gasteiger partial charge in [-0.1, -0.05) is 17.7 Å². The van der Waals surface area contributed by atoms with Crippen molar-refractivity contribution in [3.63, 3.8) is 0 Å². The van der Waals surface area contributed by atoms with Crippen LogP contribution in [0.25, 0.3) is 0 Å². The van der Waals surface area contributed by atoms with Crippen LogP contribution in [-0.4, -0.2) is 31.9 Å². The summed E-state index contributed by atoms with van der Waals surface area (Å²) in [5, 5.41) is 0.228. The van der Waals surface area contributed by atoms with Crippen molar-refractivity contribution in [1.82, 2.24) is 4.31 Å². The zero-order valence-electron chi connectivity index (χ0n) is 10.9. The quantitative estimate of drug-likeness (QED) is 0.843. The van der Waals surface area contributed by atoms with Crippen molar-refractivity contribution in [1.29, 1.82) is 0 Å². The minimum absolute atomic E-state index is 0. The summed E-state index contributed by atoms with van der Waals surface area (Å²) in [7, 11) is -3.57. The number of sulfonamides is 1. The van der Waals surface area contributed by atoms with Crippen LogP contribution in [0, 0.1) is 5.92 Å². The fourth-order valence-corrected chi connectivity index (χ4v) is 5.15. The molecule has 1 aromatic rings. The first-order chi connectivity index (χ1) is 8.87. The first kappa shape index (κ1) is 18.2. The van der Waals surface area contributed by atoms with E-state index < -0.39 is 10.0 Å². The van der Waals surface area contributed by atoms with E-state index in [1.807, 2.05) is 6.92 Å². The van der Waals surface area contributed by atoms with E-state index in [9.17, 15) is 8.42 Å². The van der Waals surface area contributed by atoms with Crippen LogP contribution < -0.4 is 5.73 Å². The molecule has 1 aliphatic heterocycles.